The lowest BCUT2D eigenvalue weighted by molar-refractivity contribution is 0.411. The number of aromatic nitrogens is 1. The van der Waals surface area contributed by atoms with Crippen LogP contribution in [0.5, 0.6) is 0 Å². The second-order valence-corrected chi connectivity index (χ2v) is 3.83. The van der Waals surface area contributed by atoms with Crippen molar-refractivity contribution >= 4 is 18.1 Å². The number of hydrogen-bond acceptors (Lipinski definition) is 4. The summed E-state index contributed by atoms with van der Waals surface area (Å²) in [5.41, 5.74) is 0.0884. The van der Waals surface area contributed by atoms with Crippen LogP contribution in [0, 0.1) is 11.3 Å². The number of hydrogen-bond donors (Lipinski definition) is 1. The minimum atomic E-state index is -5.01. The van der Waals surface area contributed by atoms with Crippen LogP contribution >= 0.6 is 0 Å². The zero-order valence-electron chi connectivity index (χ0n) is 9.56. The molecule has 0 radical (unpaired) electrons. The minimum absolute atomic E-state index is 0.367. The Morgan fingerprint density at radius 3 is 2.37 bits per heavy atom. The van der Waals surface area contributed by atoms with Gasteiger partial charge in [-0.25, -0.2) is 0 Å². The van der Waals surface area contributed by atoms with Crippen molar-refractivity contribution in [3.05, 3.63) is 42.3 Å². The third-order valence-corrected chi connectivity index (χ3v) is 2.48. The highest BCUT2D eigenvalue weighted by molar-refractivity contribution is 6.73. The van der Waals surface area contributed by atoms with Gasteiger partial charge in [-0.15, -0.1) is 5.46 Å². The summed E-state index contributed by atoms with van der Waals surface area (Å²) in [6.07, 6.45) is 1.32. The zero-order chi connectivity index (χ0) is 13.9. The second-order valence-electron chi connectivity index (χ2n) is 3.83. The summed E-state index contributed by atoms with van der Waals surface area (Å²) >= 11 is 0. The Kier molecular flexibility index (Phi) is 3.47. The van der Waals surface area contributed by atoms with Gasteiger partial charge in [0.2, 0.25) is 0 Å². The summed E-state index contributed by atoms with van der Waals surface area (Å²) in [5.74, 6) is 0. The van der Waals surface area contributed by atoms with Crippen LogP contribution in [0.1, 0.15) is 11.7 Å². The summed E-state index contributed by atoms with van der Waals surface area (Å²) in [6.45, 7) is -5.01. The largest absolute Gasteiger partial charge is 0.509 e. The number of nitrogens with one attached hydrogen (secondary N) is 1. The van der Waals surface area contributed by atoms with Crippen molar-refractivity contribution in [3.8, 4) is 6.07 Å². The number of rotatable bonds is 4. The molecule has 98 valence electrons. The molecule has 19 heavy (non-hydrogen) atoms. The van der Waals surface area contributed by atoms with Crippen LogP contribution in [0.4, 0.5) is 18.6 Å². The average Bonchev–Trinajstić information content (AvgIpc) is 2.89. The Labute approximate surface area is 106 Å². The second kappa shape index (κ2) is 5.06. The van der Waals surface area contributed by atoms with E-state index in [1.165, 1.54) is 24.5 Å². The van der Waals surface area contributed by atoms with Gasteiger partial charge < -0.3 is 22.8 Å². The van der Waals surface area contributed by atoms with Crippen molar-refractivity contribution < 1.29 is 17.5 Å². The van der Waals surface area contributed by atoms with Crippen LogP contribution < -0.4 is 10.8 Å². The Morgan fingerprint density at radius 2 is 1.89 bits per heavy atom. The van der Waals surface area contributed by atoms with E-state index in [4.69, 9.17) is 5.26 Å². The Morgan fingerprint density at radius 1 is 1.21 bits per heavy atom. The summed E-state index contributed by atoms with van der Waals surface area (Å²) in [4.78, 5) is 0. The quantitative estimate of drug-likeness (QED) is 0.863. The van der Waals surface area contributed by atoms with E-state index in [2.05, 4.69) is 15.0 Å². The lowest BCUT2D eigenvalue weighted by Crippen LogP contribution is -2.33. The first-order valence-corrected chi connectivity index (χ1v) is 5.37. The van der Waals surface area contributed by atoms with Gasteiger partial charge in [0.1, 0.15) is 12.0 Å². The molecule has 4 nitrogen and oxygen atoms in total. The van der Waals surface area contributed by atoms with E-state index >= 15 is 0 Å². The number of benzene rings is 1. The fraction of sp³-hybridized carbons (Fsp3) is 0.0909. The highest BCUT2D eigenvalue weighted by Crippen LogP contribution is 2.18. The fourth-order valence-electron chi connectivity index (χ4n) is 1.51. The molecule has 0 saturated heterocycles. The molecule has 8 heteroatoms. The van der Waals surface area contributed by atoms with E-state index in [1.54, 1.807) is 0 Å². The first kappa shape index (κ1) is 13.0. The number of anilines is 1. The van der Waals surface area contributed by atoms with Crippen LogP contribution in [0.3, 0.4) is 0 Å². The maximum Gasteiger partial charge on any atom is 0.509 e. The molecule has 1 unspecified atom stereocenters. The highest BCUT2D eigenvalue weighted by atomic mass is 19.4. The average molecular weight is 266 g/mol. The van der Waals surface area contributed by atoms with Crippen molar-refractivity contribution in [3.63, 3.8) is 0 Å². The third kappa shape index (κ3) is 3.07. The summed E-state index contributed by atoms with van der Waals surface area (Å²) in [7, 11) is 0. The molecule has 1 aromatic heterocycles. The van der Waals surface area contributed by atoms with Crippen LogP contribution in [0.25, 0.3) is 0 Å². The standard InChI is InChI=1S/C11H8BF3N3O/c13-12(14,15)8-1-3-9(4-2-8)17-11(7-16)10-5-6-19-18-10/h1-6,11,17H/q-1. The SMILES string of the molecule is N#CC(Nc1ccc([B-](F)(F)F)cc1)c1ccon1. The zero-order valence-corrected chi connectivity index (χ0v) is 9.56. The molecule has 0 bridgehead atoms. The third-order valence-electron chi connectivity index (χ3n) is 2.48. The van der Waals surface area contributed by atoms with Gasteiger partial charge in [0.25, 0.3) is 0 Å². The Hall–Kier alpha value is -2.43. The van der Waals surface area contributed by atoms with E-state index in [1.807, 2.05) is 6.07 Å². The van der Waals surface area contributed by atoms with Gasteiger partial charge in [0.05, 0.1) is 6.07 Å². The molecular weight excluding hydrogens is 258 g/mol. The Bertz CT molecular complexity index is 575. The number of nitrogens with zero attached hydrogens (tertiary/aromatic N) is 2. The molecule has 1 heterocycles. The van der Waals surface area contributed by atoms with E-state index in [-0.39, 0.29) is 0 Å². The van der Waals surface area contributed by atoms with Crippen molar-refractivity contribution in [2.75, 3.05) is 5.32 Å². The summed E-state index contributed by atoms with van der Waals surface area (Å²) < 4.78 is 41.9. The first-order valence-electron chi connectivity index (χ1n) is 5.37. The van der Waals surface area contributed by atoms with E-state index in [9.17, 15) is 12.9 Å². The maximum absolute atomic E-state index is 12.4. The van der Waals surface area contributed by atoms with Gasteiger partial charge in [-0.3, -0.25) is 0 Å². The van der Waals surface area contributed by atoms with Crippen molar-refractivity contribution in [1.82, 2.24) is 5.16 Å². The minimum Gasteiger partial charge on any atom is -0.445 e. The molecule has 2 rings (SSSR count). The van der Waals surface area contributed by atoms with Crippen LogP contribution in [-0.2, 0) is 0 Å². The molecule has 2 aromatic rings. The first-order chi connectivity index (χ1) is 9.00. The van der Waals surface area contributed by atoms with Crippen molar-refractivity contribution in [2.24, 2.45) is 0 Å². The normalized spacial score (nSPS) is 12.7. The predicted molar refractivity (Wildman–Crippen MR) is 63.6 cm³/mol. The number of halogens is 3. The molecular formula is C11H8BF3N3O-. The molecule has 1 atom stereocenters. The molecule has 0 aliphatic carbocycles. The summed E-state index contributed by atoms with van der Waals surface area (Å²) in [6, 6.07) is 7.17. The molecule has 1 N–H and O–H groups in total. The lowest BCUT2D eigenvalue weighted by Gasteiger charge is -2.16. The molecule has 0 amide bonds. The molecule has 0 spiro atoms. The number of nitriles is 1. The predicted octanol–water partition coefficient (Wildman–Crippen LogP) is 2.41. The van der Waals surface area contributed by atoms with E-state index in [0.29, 0.717) is 11.4 Å². The van der Waals surface area contributed by atoms with Crippen molar-refractivity contribution in [2.45, 2.75) is 6.04 Å². The molecule has 1 aromatic carbocycles. The van der Waals surface area contributed by atoms with Gasteiger partial charge >= 0.3 is 6.98 Å². The van der Waals surface area contributed by atoms with Crippen LogP contribution in [0.2, 0.25) is 0 Å². The van der Waals surface area contributed by atoms with Gasteiger partial charge in [-0.2, -0.15) is 5.26 Å². The highest BCUT2D eigenvalue weighted by Gasteiger charge is 2.25. The van der Waals surface area contributed by atoms with Gasteiger partial charge in [0, 0.05) is 11.8 Å². The smallest absolute Gasteiger partial charge is 0.445 e. The van der Waals surface area contributed by atoms with Gasteiger partial charge in [0.15, 0.2) is 6.04 Å². The van der Waals surface area contributed by atoms with Crippen LogP contribution in [-0.4, -0.2) is 12.1 Å². The molecule has 0 aliphatic heterocycles. The molecule has 0 aliphatic rings. The molecule has 0 fully saturated rings. The fourth-order valence-corrected chi connectivity index (χ4v) is 1.51. The monoisotopic (exact) mass is 266 g/mol. The van der Waals surface area contributed by atoms with Crippen LogP contribution in [0.15, 0.2) is 41.1 Å². The van der Waals surface area contributed by atoms with Gasteiger partial charge in [-0.05, 0) is 12.1 Å². The van der Waals surface area contributed by atoms with E-state index in [0.717, 1.165) is 12.1 Å². The topological polar surface area (TPSA) is 61.9 Å². The maximum atomic E-state index is 12.4. The van der Waals surface area contributed by atoms with Crippen molar-refractivity contribution in [1.29, 1.82) is 5.26 Å². The summed E-state index contributed by atoms with van der Waals surface area (Å²) in [5, 5.41) is 15.3. The van der Waals surface area contributed by atoms with Gasteiger partial charge in [-0.1, -0.05) is 17.3 Å². The van der Waals surface area contributed by atoms with E-state index < -0.39 is 18.5 Å². The molecule has 0 saturated carbocycles. The Balaban J connectivity index is 2.14. The lowest BCUT2D eigenvalue weighted by atomic mass is 9.80.